The first kappa shape index (κ1) is 28.1. The molecule has 39 heavy (non-hydrogen) atoms. The zero-order chi connectivity index (χ0) is 28.2. The molecule has 2 unspecified atom stereocenters. The number of hydrogen-bond donors (Lipinski definition) is 3. The molecule has 8 heteroatoms. The number of amides is 3. The first-order chi connectivity index (χ1) is 18.6. The van der Waals surface area contributed by atoms with E-state index in [9.17, 15) is 19.5 Å². The van der Waals surface area contributed by atoms with Gasteiger partial charge in [-0.1, -0.05) is 54.6 Å². The standard InChI is InChI=1S/C31H37N3O5/c1-20-10-5-8-15-25(20)27(28(36)32-23-17-16-21-11-6-7-12-22(21)18-23)34(24-13-9-14-24)29(37)26(19-35)33-30(38)39-31(2,3)4/h5-8,10-12,15-18,24,26-27,35H,9,13-14,19H2,1-4H3,(H,32,36)(H,33,38). The number of carbonyl (C=O) groups is 3. The molecule has 4 rings (SSSR count). The molecule has 2 atom stereocenters. The number of nitrogens with zero attached hydrogens (tertiary/aromatic N) is 1. The van der Waals surface area contributed by atoms with Crippen LogP contribution in [0, 0.1) is 6.92 Å². The Bertz CT molecular complexity index is 1350. The average Bonchev–Trinajstić information content (AvgIpc) is 2.85. The van der Waals surface area contributed by atoms with Crippen LogP contribution in [0.2, 0.25) is 0 Å². The van der Waals surface area contributed by atoms with Crippen LogP contribution in [0.4, 0.5) is 10.5 Å². The maximum absolute atomic E-state index is 14.0. The summed E-state index contributed by atoms with van der Waals surface area (Å²) in [5.41, 5.74) is 1.38. The number of anilines is 1. The molecule has 8 nitrogen and oxygen atoms in total. The molecule has 3 N–H and O–H groups in total. The number of benzene rings is 3. The van der Waals surface area contributed by atoms with Crippen LogP contribution >= 0.6 is 0 Å². The fourth-order valence-electron chi connectivity index (χ4n) is 4.79. The summed E-state index contributed by atoms with van der Waals surface area (Å²) in [4.78, 5) is 42.0. The highest BCUT2D eigenvalue weighted by atomic mass is 16.6. The number of nitrogens with one attached hydrogen (secondary N) is 2. The van der Waals surface area contributed by atoms with E-state index in [0.29, 0.717) is 11.3 Å². The minimum Gasteiger partial charge on any atom is -0.444 e. The van der Waals surface area contributed by atoms with Gasteiger partial charge in [0.2, 0.25) is 5.91 Å². The summed E-state index contributed by atoms with van der Waals surface area (Å²) in [6.07, 6.45) is 1.56. The number of rotatable bonds is 8. The molecule has 1 aliphatic carbocycles. The van der Waals surface area contributed by atoms with Crippen molar-refractivity contribution < 1.29 is 24.2 Å². The highest BCUT2D eigenvalue weighted by Crippen LogP contribution is 2.35. The summed E-state index contributed by atoms with van der Waals surface area (Å²) in [5, 5.41) is 17.7. The lowest BCUT2D eigenvalue weighted by Crippen LogP contribution is -2.58. The van der Waals surface area contributed by atoms with E-state index >= 15 is 0 Å². The van der Waals surface area contributed by atoms with Crippen LogP contribution in [0.3, 0.4) is 0 Å². The Morgan fingerprint density at radius 1 is 1.00 bits per heavy atom. The molecule has 0 radical (unpaired) electrons. The summed E-state index contributed by atoms with van der Waals surface area (Å²) >= 11 is 0. The number of alkyl carbamates (subject to hydrolysis) is 1. The second-order valence-corrected chi connectivity index (χ2v) is 11.0. The molecule has 0 aromatic heterocycles. The fourth-order valence-corrected chi connectivity index (χ4v) is 4.79. The van der Waals surface area contributed by atoms with Crippen molar-refractivity contribution in [2.45, 2.75) is 70.7 Å². The van der Waals surface area contributed by atoms with Crippen molar-refractivity contribution in [2.75, 3.05) is 11.9 Å². The lowest BCUT2D eigenvalue weighted by Gasteiger charge is -2.43. The fraction of sp³-hybridized carbons (Fsp3) is 0.387. The van der Waals surface area contributed by atoms with Crippen molar-refractivity contribution in [1.29, 1.82) is 0 Å². The average molecular weight is 532 g/mol. The SMILES string of the molecule is Cc1ccccc1C(C(=O)Nc1ccc2ccccc2c1)N(C(=O)C(CO)NC(=O)OC(C)(C)C)C1CCC1. The van der Waals surface area contributed by atoms with Crippen LogP contribution in [0.1, 0.15) is 57.2 Å². The molecule has 0 aliphatic heterocycles. The van der Waals surface area contributed by atoms with Crippen molar-refractivity contribution in [3.63, 3.8) is 0 Å². The highest BCUT2D eigenvalue weighted by Gasteiger charge is 2.42. The molecule has 1 fully saturated rings. The van der Waals surface area contributed by atoms with Gasteiger partial charge in [-0.25, -0.2) is 4.79 Å². The van der Waals surface area contributed by atoms with Crippen molar-refractivity contribution in [2.24, 2.45) is 0 Å². The molecule has 0 bridgehead atoms. The second kappa shape index (κ2) is 11.9. The Balaban J connectivity index is 1.69. The summed E-state index contributed by atoms with van der Waals surface area (Å²) in [6, 6.07) is 18.6. The lowest BCUT2D eigenvalue weighted by molar-refractivity contribution is -0.146. The highest BCUT2D eigenvalue weighted by molar-refractivity contribution is 6.00. The van der Waals surface area contributed by atoms with Gasteiger partial charge in [-0.3, -0.25) is 9.59 Å². The summed E-state index contributed by atoms with van der Waals surface area (Å²) < 4.78 is 5.32. The molecule has 1 aliphatic rings. The monoisotopic (exact) mass is 531 g/mol. The third kappa shape index (κ3) is 6.75. The van der Waals surface area contributed by atoms with Gasteiger partial charge in [0.25, 0.3) is 5.91 Å². The van der Waals surface area contributed by atoms with Gasteiger partial charge in [-0.05, 0) is 81.0 Å². The zero-order valence-electron chi connectivity index (χ0n) is 22.9. The van der Waals surface area contributed by atoms with E-state index in [1.807, 2.05) is 73.7 Å². The summed E-state index contributed by atoms with van der Waals surface area (Å²) in [6.45, 7) is 6.42. The van der Waals surface area contributed by atoms with Gasteiger partial charge in [-0.15, -0.1) is 0 Å². The molecule has 0 heterocycles. The second-order valence-electron chi connectivity index (χ2n) is 11.0. The Morgan fingerprint density at radius 3 is 2.28 bits per heavy atom. The molecular weight excluding hydrogens is 494 g/mol. The molecule has 3 amide bonds. The van der Waals surface area contributed by atoms with E-state index < -0.39 is 36.3 Å². The zero-order valence-corrected chi connectivity index (χ0v) is 22.9. The van der Waals surface area contributed by atoms with Gasteiger partial charge in [0.1, 0.15) is 17.7 Å². The van der Waals surface area contributed by atoms with Gasteiger partial charge < -0.3 is 25.4 Å². The molecule has 1 saturated carbocycles. The number of ether oxygens (including phenoxy) is 1. The molecule has 0 saturated heterocycles. The van der Waals surface area contributed by atoms with Crippen molar-refractivity contribution in [1.82, 2.24) is 10.2 Å². The van der Waals surface area contributed by atoms with E-state index in [4.69, 9.17) is 4.74 Å². The van der Waals surface area contributed by atoms with Crippen LogP contribution in [-0.4, -0.2) is 52.2 Å². The predicted molar refractivity (Wildman–Crippen MR) is 151 cm³/mol. The lowest BCUT2D eigenvalue weighted by atomic mass is 9.87. The van der Waals surface area contributed by atoms with Gasteiger partial charge in [-0.2, -0.15) is 0 Å². The van der Waals surface area contributed by atoms with Crippen LogP contribution in [0.5, 0.6) is 0 Å². The van der Waals surface area contributed by atoms with Gasteiger partial charge in [0.15, 0.2) is 0 Å². The van der Waals surface area contributed by atoms with E-state index in [2.05, 4.69) is 10.6 Å². The third-order valence-corrected chi connectivity index (χ3v) is 6.92. The van der Waals surface area contributed by atoms with Crippen LogP contribution in [0.25, 0.3) is 10.8 Å². The topological polar surface area (TPSA) is 108 Å². The number of hydrogen-bond acceptors (Lipinski definition) is 5. The van der Waals surface area contributed by atoms with Gasteiger partial charge in [0.05, 0.1) is 6.61 Å². The minimum atomic E-state index is -1.26. The molecule has 206 valence electrons. The Kier molecular flexibility index (Phi) is 8.55. The summed E-state index contributed by atoms with van der Waals surface area (Å²) in [7, 11) is 0. The molecule has 0 spiro atoms. The molecule has 3 aromatic carbocycles. The number of aryl methyl sites for hydroxylation is 1. The first-order valence-corrected chi connectivity index (χ1v) is 13.3. The third-order valence-electron chi connectivity index (χ3n) is 6.92. The number of carbonyl (C=O) groups excluding carboxylic acids is 3. The van der Waals surface area contributed by atoms with Crippen molar-refractivity contribution in [3.05, 3.63) is 77.9 Å². The summed E-state index contributed by atoms with van der Waals surface area (Å²) in [5.74, 6) is -0.899. The van der Waals surface area contributed by atoms with Crippen LogP contribution < -0.4 is 10.6 Å². The van der Waals surface area contributed by atoms with Gasteiger partial charge >= 0.3 is 6.09 Å². The Hall–Kier alpha value is -3.91. The predicted octanol–water partition coefficient (Wildman–Crippen LogP) is 5.09. The van der Waals surface area contributed by atoms with E-state index in [0.717, 1.165) is 35.6 Å². The first-order valence-electron chi connectivity index (χ1n) is 13.3. The van der Waals surface area contributed by atoms with Crippen LogP contribution in [0.15, 0.2) is 66.7 Å². The largest absolute Gasteiger partial charge is 0.444 e. The van der Waals surface area contributed by atoms with Crippen LogP contribution in [-0.2, 0) is 14.3 Å². The van der Waals surface area contributed by atoms with Gasteiger partial charge in [0, 0.05) is 11.7 Å². The normalized spacial score (nSPS) is 15.1. The number of fused-ring (bicyclic) bond motifs is 1. The van der Waals surface area contributed by atoms with Crippen molar-refractivity contribution >= 4 is 34.4 Å². The Morgan fingerprint density at radius 2 is 1.67 bits per heavy atom. The van der Waals surface area contributed by atoms with Crippen molar-refractivity contribution in [3.8, 4) is 0 Å². The molecule has 3 aromatic rings. The van der Waals surface area contributed by atoms with E-state index in [-0.39, 0.29) is 11.9 Å². The number of aliphatic hydroxyl groups excluding tert-OH is 1. The smallest absolute Gasteiger partial charge is 0.408 e. The number of aliphatic hydroxyl groups is 1. The quantitative estimate of drug-likeness (QED) is 0.375. The Labute approximate surface area is 229 Å². The minimum absolute atomic E-state index is 0.209. The van der Waals surface area contributed by atoms with E-state index in [1.54, 1.807) is 25.7 Å². The molecular formula is C31H37N3O5. The van der Waals surface area contributed by atoms with E-state index in [1.165, 1.54) is 0 Å². The maximum Gasteiger partial charge on any atom is 0.408 e. The maximum atomic E-state index is 14.0.